The largest absolute Gasteiger partial charge is 0.357 e. The molecule has 1 atom stereocenters. The Morgan fingerprint density at radius 2 is 1.58 bits per heavy atom. The number of benzene rings is 3. The summed E-state index contributed by atoms with van der Waals surface area (Å²) < 4.78 is 28.3. The highest BCUT2D eigenvalue weighted by molar-refractivity contribution is 7.92. The first-order valence-corrected chi connectivity index (χ1v) is 13.3. The number of nitrogens with one attached hydrogen (secondary N) is 1. The number of halogens is 2. The van der Waals surface area contributed by atoms with Crippen LogP contribution in [0.15, 0.2) is 77.7 Å². The highest BCUT2D eigenvalue weighted by Gasteiger charge is 2.32. The van der Waals surface area contributed by atoms with E-state index in [0.717, 1.165) is 15.4 Å². The molecular formula is C26H27Cl2N3O4S. The van der Waals surface area contributed by atoms with E-state index in [-0.39, 0.29) is 23.0 Å². The minimum absolute atomic E-state index is 0.0379. The van der Waals surface area contributed by atoms with E-state index in [1.54, 1.807) is 25.1 Å². The van der Waals surface area contributed by atoms with E-state index in [9.17, 15) is 18.0 Å². The first-order chi connectivity index (χ1) is 17.0. The quantitative estimate of drug-likeness (QED) is 0.422. The van der Waals surface area contributed by atoms with Crippen molar-refractivity contribution in [3.8, 4) is 0 Å². The first kappa shape index (κ1) is 27.5. The number of carbonyl (C=O) groups excluding carboxylic acids is 2. The van der Waals surface area contributed by atoms with E-state index in [1.807, 2.05) is 31.2 Å². The third-order valence-electron chi connectivity index (χ3n) is 5.66. The number of hydrogen-bond donors (Lipinski definition) is 1. The number of carbonyl (C=O) groups is 2. The maximum absolute atomic E-state index is 13.7. The van der Waals surface area contributed by atoms with Gasteiger partial charge in [0.15, 0.2) is 0 Å². The maximum atomic E-state index is 13.7. The molecule has 0 aliphatic rings. The van der Waals surface area contributed by atoms with Crippen LogP contribution in [-0.2, 0) is 26.2 Å². The second-order valence-corrected chi connectivity index (χ2v) is 11.0. The fourth-order valence-corrected chi connectivity index (χ4v) is 5.29. The van der Waals surface area contributed by atoms with Gasteiger partial charge in [-0.15, -0.1) is 0 Å². The Bertz CT molecular complexity index is 1330. The Morgan fingerprint density at radius 1 is 0.944 bits per heavy atom. The van der Waals surface area contributed by atoms with Crippen LogP contribution in [-0.4, -0.2) is 44.8 Å². The first-order valence-electron chi connectivity index (χ1n) is 11.1. The highest BCUT2D eigenvalue weighted by atomic mass is 35.5. The van der Waals surface area contributed by atoms with Gasteiger partial charge in [0, 0.05) is 23.6 Å². The molecule has 0 heterocycles. The van der Waals surface area contributed by atoms with Gasteiger partial charge in [0.25, 0.3) is 10.0 Å². The van der Waals surface area contributed by atoms with Crippen molar-refractivity contribution in [1.82, 2.24) is 10.2 Å². The van der Waals surface area contributed by atoms with Gasteiger partial charge in [-0.1, -0.05) is 59.1 Å². The molecule has 0 radical (unpaired) electrons. The molecule has 0 fully saturated rings. The van der Waals surface area contributed by atoms with Gasteiger partial charge in [0.2, 0.25) is 11.8 Å². The summed E-state index contributed by atoms with van der Waals surface area (Å²) in [5, 5.41) is 3.24. The second kappa shape index (κ2) is 11.8. The van der Waals surface area contributed by atoms with Crippen molar-refractivity contribution in [2.45, 2.75) is 31.3 Å². The topological polar surface area (TPSA) is 86.8 Å². The van der Waals surface area contributed by atoms with Crippen LogP contribution in [0.4, 0.5) is 5.69 Å². The summed E-state index contributed by atoms with van der Waals surface area (Å²) in [5.41, 5.74) is 2.07. The molecule has 0 spiro atoms. The molecule has 1 N–H and O–H groups in total. The summed E-state index contributed by atoms with van der Waals surface area (Å²) in [6, 6.07) is 18.6. The van der Waals surface area contributed by atoms with Gasteiger partial charge >= 0.3 is 0 Å². The molecule has 0 bridgehead atoms. The second-order valence-electron chi connectivity index (χ2n) is 8.24. The molecule has 2 amide bonds. The van der Waals surface area contributed by atoms with Crippen LogP contribution in [0.2, 0.25) is 10.0 Å². The van der Waals surface area contributed by atoms with Gasteiger partial charge in [-0.05, 0) is 61.9 Å². The number of rotatable bonds is 9. The van der Waals surface area contributed by atoms with E-state index < -0.39 is 28.5 Å². The number of nitrogens with zero attached hydrogens (tertiary/aromatic N) is 2. The van der Waals surface area contributed by atoms with Crippen LogP contribution in [0, 0.1) is 6.92 Å². The van der Waals surface area contributed by atoms with Crippen LogP contribution in [0.1, 0.15) is 18.1 Å². The van der Waals surface area contributed by atoms with Crippen molar-refractivity contribution in [1.29, 1.82) is 0 Å². The molecule has 0 aliphatic heterocycles. The maximum Gasteiger partial charge on any atom is 0.264 e. The van der Waals surface area contributed by atoms with Crippen molar-refractivity contribution in [2.24, 2.45) is 0 Å². The Balaban J connectivity index is 2.02. The van der Waals surface area contributed by atoms with Crippen LogP contribution in [0.3, 0.4) is 0 Å². The standard InChI is InChI=1S/C26H27Cl2N3O4S/c1-18-7-9-20(10-8-18)16-30(19(2)26(33)29-3)25(32)17-31(23-6-4-5-22(28)15-23)36(34,35)24-13-11-21(27)12-14-24/h4-15,19H,16-17H2,1-3H3,(H,29,33)/t19-/m0/s1. The molecule has 190 valence electrons. The molecule has 0 aliphatic carbocycles. The van der Waals surface area contributed by atoms with Crippen LogP contribution in [0.25, 0.3) is 0 Å². The fraction of sp³-hybridized carbons (Fsp3) is 0.231. The molecule has 0 unspecified atom stereocenters. The predicted octanol–water partition coefficient (Wildman–Crippen LogP) is 4.66. The normalized spacial score (nSPS) is 12.0. The molecule has 0 saturated heterocycles. The molecule has 3 aromatic carbocycles. The molecule has 3 aromatic rings. The van der Waals surface area contributed by atoms with Crippen LogP contribution >= 0.6 is 23.2 Å². The van der Waals surface area contributed by atoms with Crippen LogP contribution in [0.5, 0.6) is 0 Å². The number of sulfonamides is 1. The number of hydrogen-bond acceptors (Lipinski definition) is 4. The van der Waals surface area contributed by atoms with Crippen molar-refractivity contribution < 1.29 is 18.0 Å². The minimum Gasteiger partial charge on any atom is -0.357 e. The third kappa shape index (κ3) is 6.57. The Labute approximate surface area is 221 Å². The van der Waals surface area contributed by atoms with Gasteiger partial charge in [0.05, 0.1) is 10.6 Å². The lowest BCUT2D eigenvalue weighted by Gasteiger charge is -2.31. The molecule has 10 heteroatoms. The third-order valence-corrected chi connectivity index (χ3v) is 7.94. The minimum atomic E-state index is -4.18. The smallest absolute Gasteiger partial charge is 0.264 e. The van der Waals surface area contributed by atoms with E-state index >= 15 is 0 Å². The number of amides is 2. The van der Waals surface area contributed by atoms with Gasteiger partial charge in [-0.2, -0.15) is 0 Å². The zero-order valence-electron chi connectivity index (χ0n) is 20.1. The number of aryl methyl sites for hydroxylation is 1. The monoisotopic (exact) mass is 547 g/mol. The van der Waals surface area contributed by atoms with Crippen molar-refractivity contribution in [2.75, 3.05) is 17.9 Å². The van der Waals surface area contributed by atoms with Crippen molar-refractivity contribution >= 4 is 50.7 Å². The molecule has 0 saturated carbocycles. The van der Waals surface area contributed by atoms with Crippen molar-refractivity contribution in [3.63, 3.8) is 0 Å². The summed E-state index contributed by atoms with van der Waals surface area (Å²) in [4.78, 5) is 27.5. The summed E-state index contributed by atoms with van der Waals surface area (Å²) in [7, 11) is -2.70. The van der Waals surface area contributed by atoms with E-state index in [2.05, 4.69) is 5.32 Å². The van der Waals surface area contributed by atoms with Gasteiger partial charge in [0.1, 0.15) is 12.6 Å². The van der Waals surface area contributed by atoms with Crippen molar-refractivity contribution in [3.05, 3.63) is 94.0 Å². The molecular weight excluding hydrogens is 521 g/mol. The van der Waals surface area contributed by atoms with Gasteiger partial charge < -0.3 is 10.2 Å². The molecule has 3 rings (SSSR count). The lowest BCUT2D eigenvalue weighted by molar-refractivity contribution is -0.139. The van der Waals surface area contributed by atoms with Gasteiger partial charge in [-0.25, -0.2) is 8.42 Å². The summed E-state index contributed by atoms with van der Waals surface area (Å²) in [6.45, 7) is 3.13. The molecule has 7 nitrogen and oxygen atoms in total. The summed E-state index contributed by atoms with van der Waals surface area (Å²) in [6.07, 6.45) is 0. The molecule has 0 aromatic heterocycles. The predicted molar refractivity (Wildman–Crippen MR) is 143 cm³/mol. The van der Waals surface area contributed by atoms with E-state index in [1.165, 1.54) is 42.3 Å². The average Bonchev–Trinajstić information content (AvgIpc) is 2.86. The van der Waals surface area contributed by atoms with E-state index in [0.29, 0.717) is 10.0 Å². The summed E-state index contributed by atoms with van der Waals surface area (Å²) in [5.74, 6) is -0.922. The van der Waals surface area contributed by atoms with Crippen LogP contribution < -0.4 is 9.62 Å². The highest BCUT2D eigenvalue weighted by Crippen LogP contribution is 2.27. The Kier molecular flexibility index (Phi) is 9.00. The zero-order valence-corrected chi connectivity index (χ0v) is 22.4. The lowest BCUT2D eigenvalue weighted by atomic mass is 10.1. The Hall–Kier alpha value is -3.07. The number of anilines is 1. The van der Waals surface area contributed by atoms with E-state index in [4.69, 9.17) is 23.2 Å². The molecule has 36 heavy (non-hydrogen) atoms. The fourth-order valence-electron chi connectivity index (χ4n) is 3.58. The SMILES string of the molecule is CNC(=O)[C@H](C)N(Cc1ccc(C)cc1)C(=O)CN(c1cccc(Cl)c1)S(=O)(=O)c1ccc(Cl)cc1. The lowest BCUT2D eigenvalue weighted by Crippen LogP contribution is -2.50. The zero-order chi connectivity index (χ0) is 26.5. The van der Waals surface area contributed by atoms with Gasteiger partial charge in [-0.3, -0.25) is 13.9 Å². The number of likely N-dealkylation sites (N-methyl/N-ethyl adjacent to an activating group) is 1. The average molecular weight is 548 g/mol. The summed E-state index contributed by atoms with van der Waals surface area (Å²) >= 11 is 12.1. The Morgan fingerprint density at radius 3 is 2.17 bits per heavy atom.